The Balaban J connectivity index is 0.000000289. The van der Waals surface area contributed by atoms with Crippen LogP contribution in [0, 0.1) is 23.7 Å². The third-order valence-corrected chi connectivity index (χ3v) is 4.75. The Kier molecular flexibility index (Phi) is 11.5. The minimum absolute atomic E-state index is 0.750. The van der Waals surface area contributed by atoms with Gasteiger partial charge in [0.15, 0.2) is 0 Å². The van der Waals surface area contributed by atoms with Gasteiger partial charge in [-0.15, -0.1) is 0 Å². The van der Waals surface area contributed by atoms with Crippen molar-refractivity contribution in [2.75, 3.05) is 0 Å². The molecule has 2 fully saturated rings. The van der Waals surface area contributed by atoms with Gasteiger partial charge in [0.25, 0.3) is 0 Å². The average Bonchev–Trinajstić information content (AvgIpc) is 2.37. The van der Waals surface area contributed by atoms with Crippen molar-refractivity contribution in [3.05, 3.63) is 0 Å². The number of hydrogen-bond acceptors (Lipinski definition) is 2. The Hall–Kier alpha value is -0.180. The van der Waals surface area contributed by atoms with Gasteiger partial charge in [0.2, 0.25) is 0 Å². The molecule has 0 aromatic heterocycles. The van der Waals surface area contributed by atoms with E-state index in [1.807, 2.05) is 0 Å². The zero-order valence-electron chi connectivity index (χ0n) is 13.2. The molecule has 0 N–H and O–H groups in total. The van der Waals surface area contributed by atoms with E-state index in [1.54, 1.807) is 0 Å². The largest absolute Gasteiger partial charge is 0.335 e. The molecular weight excluding hydrogens is 256 g/mol. The number of hydrogen-bond donors (Lipinski definition) is 0. The van der Waals surface area contributed by atoms with Crippen LogP contribution in [0.1, 0.15) is 79.1 Å². The van der Waals surface area contributed by atoms with Gasteiger partial charge >= 0.3 is 11.6 Å². The molecule has 0 aromatic carbocycles. The maximum absolute atomic E-state index is 8.29. The Bertz CT molecular complexity index is 243. The quantitative estimate of drug-likeness (QED) is 0.629. The molecule has 0 aromatic rings. The van der Waals surface area contributed by atoms with Gasteiger partial charge in [-0.25, -0.2) is 0 Å². The highest BCUT2D eigenvalue weighted by atomic mass is 32.1. The first-order chi connectivity index (χ1) is 9.01. The van der Waals surface area contributed by atoms with E-state index in [4.69, 9.17) is 8.42 Å². The fourth-order valence-electron chi connectivity index (χ4n) is 3.12. The summed E-state index contributed by atoms with van der Waals surface area (Å²) >= 11 is -0.750. The second kappa shape index (κ2) is 11.6. The Morgan fingerprint density at radius 2 is 1.21 bits per heavy atom. The zero-order valence-corrected chi connectivity index (χ0v) is 14.0. The summed E-state index contributed by atoms with van der Waals surface area (Å²) in [6, 6.07) is 0. The van der Waals surface area contributed by atoms with Gasteiger partial charge in [-0.1, -0.05) is 72.6 Å². The molecule has 0 radical (unpaired) electrons. The normalized spacial score (nSPS) is 31.3. The maximum atomic E-state index is 8.29. The fraction of sp³-hybridized carbons (Fsp3) is 1.00. The van der Waals surface area contributed by atoms with Crippen LogP contribution in [0.5, 0.6) is 0 Å². The molecule has 0 spiro atoms. The molecule has 0 bridgehead atoms. The smallest absolute Gasteiger partial charge is 0.168 e. The molecule has 3 heteroatoms. The lowest BCUT2D eigenvalue weighted by Crippen LogP contribution is -2.18. The van der Waals surface area contributed by atoms with Crippen molar-refractivity contribution in [3.8, 4) is 0 Å². The van der Waals surface area contributed by atoms with E-state index >= 15 is 0 Å². The molecule has 2 rings (SSSR count). The highest BCUT2D eigenvalue weighted by molar-refractivity contribution is 7.51. The van der Waals surface area contributed by atoms with Crippen LogP contribution in [0.4, 0.5) is 0 Å². The Morgan fingerprint density at radius 1 is 0.684 bits per heavy atom. The summed E-state index contributed by atoms with van der Waals surface area (Å²) in [6.07, 6.45) is 11.8. The number of rotatable bonds is 0. The maximum Gasteiger partial charge on any atom is 0.335 e. The second-order valence-electron chi connectivity index (χ2n) is 6.68. The van der Waals surface area contributed by atoms with E-state index in [0.29, 0.717) is 0 Å². The highest BCUT2D eigenvalue weighted by Crippen LogP contribution is 2.32. The van der Waals surface area contributed by atoms with Crippen molar-refractivity contribution in [2.24, 2.45) is 23.7 Å². The van der Waals surface area contributed by atoms with E-state index in [0.717, 1.165) is 23.7 Å². The van der Waals surface area contributed by atoms with E-state index in [2.05, 4.69) is 27.7 Å². The zero-order chi connectivity index (χ0) is 14.7. The molecule has 0 amide bonds. The van der Waals surface area contributed by atoms with E-state index in [1.165, 1.54) is 51.4 Å². The van der Waals surface area contributed by atoms with Gasteiger partial charge < -0.3 is 0 Å². The summed E-state index contributed by atoms with van der Waals surface area (Å²) in [5.41, 5.74) is 0. The van der Waals surface area contributed by atoms with Gasteiger partial charge in [0.05, 0.1) is 0 Å². The topological polar surface area (TPSA) is 34.1 Å². The van der Waals surface area contributed by atoms with Crippen LogP contribution in [0.25, 0.3) is 0 Å². The summed E-state index contributed by atoms with van der Waals surface area (Å²) in [5.74, 6) is 4.00. The van der Waals surface area contributed by atoms with Crippen molar-refractivity contribution in [1.82, 2.24) is 0 Å². The van der Waals surface area contributed by atoms with Crippen LogP contribution in [0.2, 0.25) is 0 Å². The first kappa shape index (κ1) is 18.8. The molecule has 114 valence electrons. The van der Waals surface area contributed by atoms with Gasteiger partial charge in [-0.2, -0.15) is 8.42 Å². The fourth-order valence-corrected chi connectivity index (χ4v) is 3.12. The highest BCUT2D eigenvalue weighted by Gasteiger charge is 2.20. The predicted octanol–water partition coefficient (Wildman–Crippen LogP) is 5.00. The minimum atomic E-state index is -0.750. The first-order valence-corrected chi connectivity index (χ1v) is 8.59. The molecule has 3 unspecified atom stereocenters. The van der Waals surface area contributed by atoms with Crippen LogP contribution in [0.3, 0.4) is 0 Å². The Labute approximate surface area is 123 Å². The third-order valence-electron chi connectivity index (χ3n) is 4.75. The van der Waals surface area contributed by atoms with Crippen LogP contribution < -0.4 is 0 Å². The van der Waals surface area contributed by atoms with Crippen molar-refractivity contribution >= 4 is 11.6 Å². The Morgan fingerprint density at radius 3 is 1.53 bits per heavy atom. The second-order valence-corrected chi connectivity index (χ2v) is 6.82. The SMILES string of the molecule is CC1CCC(C)C(C)C1.CC1CCCCC1.O=S=O. The summed E-state index contributed by atoms with van der Waals surface area (Å²) < 4.78 is 16.6. The van der Waals surface area contributed by atoms with E-state index < -0.39 is 11.6 Å². The van der Waals surface area contributed by atoms with Crippen LogP contribution in [0.15, 0.2) is 0 Å². The van der Waals surface area contributed by atoms with E-state index in [-0.39, 0.29) is 0 Å². The van der Waals surface area contributed by atoms with Gasteiger partial charge in [0, 0.05) is 0 Å². The van der Waals surface area contributed by atoms with Crippen molar-refractivity contribution in [3.63, 3.8) is 0 Å². The molecule has 0 heterocycles. The van der Waals surface area contributed by atoms with Crippen molar-refractivity contribution < 1.29 is 8.42 Å². The van der Waals surface area contributed by atoms with Crippen molar-refractivity contribution in [1.29, 1.82) is 0 Å². The molecule has 3 atom stereocenters. The van der Waals surface area contributed by atoms with Gasteiger partial charge in [0.1, 0.15) is 0 Å². The molecule has 0 aliphatic heterocycles. The standard InChI is InChI=1S/C9H18.C7H14.O2S/c1-7-4-5-8(2)9(3)6-7;1-7-5-3-2-4-6-7;1-3-2/h7-9H,4-6H2,1-3H3;7H,2-6H2,1H3;. The first-order valence-electron chi connectivity index (χ1n) is 7.93. The molecule has 19 heavy (non-hydrogen) atoms. The third kappa shape index (κ3) is 10.3. The lowest BCUT2D eigenvalue weighted by Gasteiger charge is -2.29. The van der Waals surface area contributed by atoms with Crippen LogP contribution >= 0.6 is 0 Å². The van der Waals surface area contributed by atoms with Crippen molar-refractivity contribution in [2.45, 2.75) is 79.1 Å². The molecule has 2 aliphatic carbocycles. The van der Waals surface area contributed by atoms with Gasteiger partial charge in [-0.3, -0.25) is 0 Å². The van der Waals surface area contributed by atoms with Gasteiger partial charge in [-0.05, 0) is 30.1 Å². The molecular formula is C16H32O2S. The van der Waals surface area contributed by atoms with Crippen LogP contribution in [-0.2, 0) is 11.6 Å². The minimum Gasteiger partial charge on any atom is -0.168 e. The summed E-state index contributed by atoms with van der Waals surface area (Å²) in [5, 5.41) is 0. The average molecular weight is 288 g/mol. The van der Waals surface area contributed by atoms with Crippen LogP contribution in [-0.4, -0.2) is 8.42 Å². The molecule has 2 nitrogen and oxygen atoms in total. The monoisotopic (exact) mass is 288 g/mol. The molecule has 2 aliphatic rings. The molecule has 0 saturated heterocycles. The predicted molar refractivity (Wildman–Crippen MR) is 82.5 cm³/mol. The van der Waals surface area contributed by atoms with E-state index in [9.17, 15) is 0 Å². The summed E-state index contributed by atoms with van der Waals surface area (Å²) in [4.78, 5) is 0. The lowest BCUT2D eigenvalue weighted by molar-refractivity contribution is 0.220. The lowest BCUT2D eigenvalue weighted by atomic mass is 9.77. The summed E-state index contributed by atoms with van der Waals surface area (Å²) in [6.45, 7) is 9.51. The summed E-state index contributed by atoms with van der Waals surface area (Å²) in [7, 11) is 0. The molecule has 2 saturated carbocycles.